The van der Waals surface area contributed by atoms with Crippen molar-refractivity contribution in [3.05, 3.63) is 52.2 Å². The molecule has 2 aromatic rings. The number of hydrogen-bond donors (Lipinski definition) is 2. The minimum absolute atomic E-state index is 0.0579. The summed E-state index contributed by atoms with van der Waals surface area (Å²) in [6.07, 6.45) is -4.55. The first kappa shape index (κ1) is 18.0. The number of hydrogen-bond acceptors (Lipinski definition) is 3. The first-order chi connectivity index (χ1) is 11.3. The molecule has 2 amide bonds. The zero-order valence-electron chi connectivity index (χ0n) is 12.7. The van der Waals surface area contributed by atoms with Crippen molar-refractivity contribution in [2.24, 2.45) is 0 Å². The second-order valence-electron chi connectivity index (χ2n) is 5.10. The number of rotatable bonds is 5. The van der Waals surface area contributed by atoms with Crippen molar-refractivity contribution in [2.75, 3.05) is 5.32 Å². The Morgan fingerprint density at radius 3 is 2.54 bits per heavy atom. The van der Waals surface area contributed by atoms with Crippen molar-refractivity contribution in [1.29, 1.82) is 0 Å². The van der Waals surface area contributed by atoms with Crippen LogP contribution in [0, 0.1) is 0 Å². The lowest BCUT2D eigenvalue weighted by atomic mass is 10.1. The Kier molecular flexibility index (Phi) is 5.61. The molecule has 4 nitrogen and oxygen atoms in total. The highest BCUT2D eigenvalue weighted by molar-refractivity contribution is 7.10. The molecule has 0 saturated carbocycles. The van der Waals surface area contributed by atoms with Crippen LogP contribution in [0.1, 0.15) is 29.8 Å². The summed E-state index contributed by atoms with van der Waals surface area (Å²) in [5, 5.41) is 6.91. The molecule has 0 aliphatic heterocycles. The summed E-state index contributed by atoms with van der Waals surface area (Å²) < 4.78 is 38.1. The molecule has 0 aliphatic carbocycles. The molecule has 1 atom stereocenters. The van der Waals surface area contributed by atoms with Crippen molar-refractivity contribution in [1.82, 2.24) is 5.32 Å². The third-order valence-corrected chi connectivity index (χ3v) is 4.11. The maximum atomic E-state index is 12.7. The Labute approximate surface area is 140 Å². The van der Waals surface area contributed by atoms with Crippen LogP contribution >= 0.6 is 11.3 Å². The second-order valence-corrected chi connectivity index (χ2v) is 6.08. The highest BCUT2D eigenvalue weighted by atomic mass is 32.1. The molecule has 0 spiro atoms. The molecule has 0 radical (unpaired) electrons. The Morgan fingerprint density at radius 2 is 1.96 bits per heavy atom. The average Bonchev–Trinajstić information content (AvgIpc) is 2.99. The molecule has 0 aliphatic rings. The van der Waals surface area contributed by atoms with E-state index < -0.39 is 23.7 Å². The van der Waals surface area contributed by atoms with Gasteiger partial charge in [0.25, 0.3) is 0 Å². The van der Waals surface area contributed by atoms with Gasteiger partial charge in [0.15, 0.2) is 0 Å². The maximum absolute atomic E-state index is 12.7. The predicted molar refractivity (Wildman–Crippen MR) is 85.6 cm³/mol. The van der Waals surface area contributed by atoms with Crippen molar-refractivity contribution in [3.63, 3.8) is 0 Å². The number of thiophene rings is 1. The number of anilines is 1. The number of carbonyl (C=O) groups excluding carboxylic acids is 2. The van der Waals surface area contributed by atoms with Gasteiger partial charge in [-0.3, -0.25) is 9.59 Å². The molecule has 0 fully saturated rings. The quantitative estimate of drug-likeness (QED) is 0.852. The Morgan fingerprint density at radius 1 is 1.21 bits per heavy atom. The van der Waals surface area contributed by atoms with Gasteiger partial charge in [-0.05, 0) is 29.6 Å². The number of nitrogens with one attached hydrogen (secondary N) is 2. The summed E-state index contributed by atoms with van der Waals surface area (Å²) in [5.41, 5.74) is -0.778. The number of alkyl halides is 3. The van der Waals surface area contributed by atoms with Gasteiger partial charge >= 0.3 is 6.18 Å². The van der Waals surface area contributed by atoms with Crippen molar-refractivity contribution < 1.29 is 22.8 Å². The highest BCUT2D eigenvalue weighted by Gasteiger charge is 2.30. The number of amides is 2. The van der Waals surface area contributed by atoms with E-state index in [4.69, 9.17) is 0 Å². The van der Waals surface area contributed by atoms with Crippen LogP contribution in [0.25, 0.3) is 0 Å². The molecular formula is C16H15F3N2O2S. The minimum atomic E-state index is -4.48. The summed E-state index contributed by atoms with van der Waals surface area (Å²) in [6, 6.07) is 7.46. The third-order valence-electron chi connectivity index (χ3n) is 3.13. The molecule has 1 aromatic carbocycles. The van der Waals surface area contributed by atoms with Gasteiger partial charge in [-0.15, -0.1) is 11.3 Å². The zero-order valence-corrected chi connectivity index (χ0v) is 13.5. The van der Waals surface area contributed by atoms with E-state index in [9.17, 15) is 22.8 Å². The summed E-state index contributed by atoms with van der Waals surface area (Å²) >= 11 is 1.38. The van der Waals surface area contributed by atoms with Crippen LogP contribution < -0.4 is 10.6 Å². The van der Waals surface area contributed by atoms with Gasteiger partial charge in [0.2, 0.25) is 11.8 Å². The minimum Gasteiger partial charge on any atom is -0.348 e. The van der Waals surface area contributed by atoms with E-state index in [1.807, 2.05) is 5.38 Å². The van der Waals surface area contributed by atoms with E-state index in [2.05, 4.69) is 10.6 Å². The fraction of sp³-hybridized carbons (Fsp3) is 0.250. The van der Waals surface area contributed by atoms with Gasteiger partial charge in [-0.25, -0.2) is 0 Å². The van der Waals surface area contributed by atoms with Crippen molar-refractivity contribution in [3.8, 4) is 0 Å². The Bertz CT molecular complexity index is 714. The highest BCUT2D eigenvalue weighted by Crippen LogP contribution is 2.31. The van der Waals surface area contributed by atoms with E-state index >= 15 is 0 Å². The monoisotopic (exact) mass is 356 g/mol. The molecule has 2 rings (SSSR count). The summed E-state index contributed by atoms with van der Waals surface area (Å²) in [4.78, 5) is 24.2. The SMILES string of the molecule is CC(=O)NC(CC(=O)Nc1cccc(C(F)(F)F)c1)c1cccs1. The van der Waals surface area contributed by atoms with Crippen molar-refractivity contribution >= 4 is 28.8 Å². The maximum Gasteiger partial charge on any atom is 0.416 e. The van der Waals surface area contributed by atoms with E-state index in [0.29, 0.717) is 0 Å². The smallest absolute Gasteiger partial charge is 0.348 e. The average molecular weight is 356 g/mol. The number of benzene rings is 1. The number of carbonyl (C=O) groups is 2. The molecule has 0 bridgehead atoms. The van der Waals surface area contributed by atoms with Crippen LogP contribution in [0.15, 0.2) is 41.8 Å². The summed E-state index contributed by atoms with van der Waals surface area (Å²) in [7, 11) is 0. The molecule has 2 N–H and O–H groups in total. The van der Waals surface area contributed by atoms with E-state index in [1.165, 1.54) is 30.4 Å². The Balaban J connectivity index is 2.07. The van der Waals surface area contributed by atoms with Crippen molar-refractivity contribution in [2.45, 2.75) is 25.6 Å². The lowest BCUT2D eigenvalue weighted by molar-refractivity contribution is -0.137. The van der Waals surface area contributed by atoms with Crippen LogP contribution in [0.5, 0.6) is 0 Å². The standard InChI is InChI=1S/C16H15F3N2O2S/c1-10(22)20-13(14-6-3-7-24-14)9-15(23)21-12-5-2-4-11(8-12)16(17,18)19/h2-8,13H,9H2,1H3,(H,20,22)(H,21,23). The molecule has 0 saturated heterocycles. The lowest BCUT2D eigenvalue weighted by Gasteiger charge is -2.16. The Hall–Kier alpha value is -2.35. The van der Waals surface area contributed by atoms with E-state index in [-0.39, 0.29) is 18.0 Å². The molecule has 24 heavy (non-hydrogen) atoms. The molecule has 8 heteroatoms. The van der Waals surface area contributed by atoms with Gasteiger partial charge in [0, 0.05) is 17.5 Å². The number of halogens is 3. The third kappa shape index (κ3) is 5.09. The largest absolute Gasteiger partial charge is 0.416 e. The second kappa shape index (κ2) is 7.48. The van der Waals surface area contributed by atoms with Crippen LogP contribution in [-0.4, -0.2) is 11.8 Å². The molecule has 128 valence electrons. The molecule has 1 heterocycles. The van der Waals surface area contributed by atoms with Crippen LogP contribution in [0.4, 0.5) is 18.9 Å². The lowest BCUT2D eigenvalue weighted by Crippen LogP contribution is -2.29. The first-order valence-electron chi connectivity index (χ1n) is 7.03. The first-order valence-corrected chi connectivity index (χ1v) is 7.91. The van der Waals surface area contributed by atoms with Gasteiger partial charge < -0.3 is 10.6 Å². The van der Waals surface area contributed by atoms with Gasteiger partial charge in [0.1, 0.15) is 0 Å². The van der Waals surface area contributed by atoms with Gasteiger partial charge in [0.05, 0.1) is 18.0 Å². The summed E-state index contributed by atoms with van der Waals surface area (Å²) in [6.45, 7) is 1.34. The molecular weight excluding hydrogens is 341 g/mol. The van der Waals surface area contributed by atoms with E-state index in [0.717, 1.165) is 17.0 Å². The fourth-order valence-corrected chi connectivity index (χ4v) is 2.91. The topological polar surface area (TPSA) is 58.2 Å². The van der Waals surface area contributed by atoms with Crippen LogP contribution in [0.3, 0.4) is 0 Å². The van der Waals surface area contributed by atoms with E-state index in [1.54, 1.807) is 12.1 Å². The normalized spacial score (nSPS) is 12.5. The fourth-order valence-electron chi connectivity index (χ4n) is 2.13. The van der Waals surface area contributed by atoms with Crippen LogP contribution in [-0.2, 0) is 15.8 Å². The predicted octanol–water partition coefficient (Wildman–Crippen LogP) is 3.97. The van der Waals surface area contributed by atoms with Gasteiger partial charge in [-0.2, -0.15) is 13.2 Å². The molecule has 1 aromatic heterocycles. The molecule has 1 unspecified atom stereocenters. The van der Waals surface area contributed by atoms with Gasteiger partial charge in [-0.1, -0.05) is 12.1 Å². The zero-order chi connectivity index (χ0) is 17.7. The van der Waals surface area contributed by atoms with Crippen LogP contribution in [0.2, 0.25) is 0 Å². The summed E-state index contributed by atoms with van der Waals surface area (Å²) in [5.74, 6) is -0.776.